The molecule has 0 radical (unpaired) electrons. The lowest BCUT2D eigenvalue weighted by Crippen LogP contribution is -2.05. The molecular weight excluding hydrogens is 220 g/mol. The molecule has 3 nitrogen and oxygen atoms in total. The molecule has 82 valence electrons. The standard InChI is InChI=1S/C12H12N2OS/c1-8(15)13-11-5-3-10(4-6-11)12-7-16-9(2)14-12/h3-7H,1-2H3,(H,13,15). The summed E-state index contributed by atoms with van der Waals surface area (Å²) in [5, 5.41) is 5.82. The first-order valence-corrected chi connectivity index (χ1v) is 5.83. The predicted molar refractivity (Wildman–Crippen MR) is 66.6 cm³/mol. The topological polar surface area (TPSA) is 42.0 Å². The van der Waals surface area contributed by atoms with Gasteiger partial charge in [-0.25, -0.2) is 4.98 Å². The second-order valence-electron chi connectivity index (χ2n) is 3.51. The Hall–Kier alpha value is -1.68. The third-order valence-electron chi connectivity index (χ3n) is 2.12. The molecule has 4 heteroatoms. The van der Waals surface area contributed by atoms with Crippen molar-refractivity contribution in [2.24, 2.45) is 0 Å². The highest BCUT2D eigenvalue weighted by atomic mass is 32.1. The first-order valence-electron chi connectivity index (χ1n) is 4.95. The summed E-state index contributed by atoms with van der Waals surface area (Å²) in [6.07, 6.45) is 0. The van der Waals surface area contributed by atoms with Gasteiger partial charge in [-0.05, 0) is 19.1 Å². The second kappa shape index (κ2) is 4.45. The van der Waals surface area contributed by atoms with Crippen LogP contribution < -0.4 is 5.32 Å². The molecule has 0 saturated heterocycles. The van der Waals surface area contributed by atoms with Crippen LogP contribution in [0.3, 0.4) is 0 Å². The van der Waals surface area contributed by atoms with E-state index in [1.807, 2.05) is 36.6 Å². The van der Waals surface area contributed by atoms with E-state index >= 15 is 0 Å². The highest BCUT2D eigenvalue weighted by Crippen LogP contribution is 2.22. The van der Waals surface area contributed by atoms with Crippen molar-refractivity contribution in [3.8, 4) is 11.3 Å². The van der Waals surface area contributed by atoms with E-state index in [2.05, 4.69) is 10.3 Å². The summed E-state index contributed by atoms with van der Waals surface area (Å²) in [6.45, 7) is 3.48. The molecule has 0 unspecified atom stereocenters. The van der Waals surface area contributed by atoms with E-state index in [1.54, 1.807) is 11.3 Å². The number of rotatable bonds is 2. The fourth-order valence-corrected chi connectivity index (χ4v) is 2.05. The average Bonchev–Trinajstić information content (AvgIpc) is 2.65. The zero-order chi connectivity index (χ0) is 11.5. The fraction of sp³-hybridized carbons (Fsp3) is 0.167. The molecule has 0 atom stereocenters. The summed E-state index contributed by atoms with van der Waals surface area (Å²) in [4.78, 5) is 15.3. The highest BCUT2D eigenvalue weighted by molar-refractivity contribution is 7.09. The molecule has 1 aromatic heterocycles. The summed E-state index contributed by atoms with van der Waals surface area (Å²) in [7, 11) is 0. The number of anilines is 1. The van der Waals surface area contributed by atoms with Gasteiger partial charge in [0.2, 0.25) is 5.91 Å². The molecule has 0 spiro atoms. The lowest BCUT2D eigenvalue weighted by atomic mass is 10.1. The van der Waals surface area contributed by atoms with Crippen molar-refractivity contribution >= 4 is 22.9 Å². The van der Waals surface area contributed by atoms with Gasteiger partial charge < -0.3 is 5.32 Å². The number of benzene rings is 1. The normalized spacial score (nSPS) is 10.1. The third kappa shape index (κ3) is 2.46. The Morgan fingerprint density at radius 2 is 2.00 bits per heavy atom. The van der Waals surface area contributed by atoms with Crippen LogP contribution in [0, 0.1) is 6.92 Å². The number of hydrogen-bond donors (Lipinski definition) is 1. The number of thiazole rings is 1. The predicted octanol–water partition coefficient (Wildman–Crippen LogP) is 3.08. The van der Waals surface area contributed by atoms with Crippen LogP contribution in [0.15, 0.2) is 29.6 Å². The lowest BCUT2D eigenvalue weighted by Gasteiger charge is -2.02. The van der Waals surface area contributed by atoms with E-state index < -0.39 is 0 Å². The third-order valence-corrected chi connectivity index (χ3v) is 2.89. The number of nitrogens with zero attached hydrogens (tertiary/aromatic N) is 1. The van der Waals surface area contributed by atoms with E-state index in [0.717, 1.165) is 22.0 Å². The molecule has 0 fully saturated rings. The first kappa shape index (κ1) is 10.8. The van der Waals surface area contributed by atoms with Crippen molar-refractivity contribution in [3.63, 3.8) is 0 Å². The summed E-state index contributed by atoms with van der Waals surface area (Å²) < 4.78 is 0. The molecule has 2 aromatic rings. The van der Waals surface area contributed by atoms with Crippen LogP contribution in [0.25, 0.3) is 11.3 Å². The number of carbonyl (C=O) groups excluding carboxylic acids is 1. The number of carbonyl (C=O) groups is 1. The number of aryl methyl sites for hydroxylation is 1. The molecule has 1 N–H and O–H groups in total. The Morgan fingerprint density at radius 1 is 1.31 bits per heavy atom. The summed E-state index contributed by atoms with van der Waals surface area (Å²) in [5.41, 5.74) is 2.86. The van der Waals surface area contributed by atoms with Crippen LogP contribution in [0.4, 0.5) is 5.69 Å². The van der Waals surface area contributed by atoms with Crippen molar-refractivity contribution in [3.05, 3.63) is 34.7 Å². The summed E-state index contributed by atoms with van der Waals surface area (Å²) in [6, 6.07) is 7.68. The van der Waals surface area contributed by atoms with Crippen LogP contribution in [-0.4, -0.2) is 10.9 Å². The van der Waals surface area contributed by atoms with Gasteiger partial charge in [0.15, 0.2) is 0 Å². The molecule has 1 aromatic carbocycles. The quantitative estimate of drug-likeness (QED) is 0.864. The van der Waals surface area contributed by atoms with Gasteiger partial charge in [-0.2, -0.15) is 0 Å². The molecular formula is C12H12N2OS. The van der Waals surface area contributed by atoms with Crippen molar-refractivity contribution in [2.45, 2.75) is 13.8 Å². The van der Waals surface area contributed by atoms with E-state index in [4.69, 9.17) is 0 Å². The van der Waals surface area contributed by atoms with Gasteiger partial charge in [-0.1, -0.05) is 12.1 Å². The Morgan fingerprint density at radius 3 is 2.50 bits per heavy atom. The molecule has 0 aliphatic carbocycles. The number of nitrogens with one attached hydrogen (secondary N) is 1. The average molecular weight is 232 g/mol. The Labute approximate surface area is 98.2 Å². The van der Waals surface area contributed by atoms with Crippen LogP contribution in [-0.2, 0) is 4.79 Å². The van der Waals surface area contributed by atoms with Crippen LogP contribution in [0.2, 0.25) is 0 Å². The maximum atomic E-state index is 10.8. The molecule has 0 bridgehead atoms. The molecule has 1 heterocycles. The van der Waals surface area contributed by atoms with Crippen LogP contribution in [0.5, 0.6) is 0 Å². The second-order valence-corrected chi connectivity index (χ2v) is 4.57. The molecule has 16 heavy (non-hydrogen) atoms. The van der Waals surface area contributed by atoms with Gasteiger partial charge in [0.05, 0.1) is 10.7 Å². The van der Waals surface area contributed by atoms with Crippen LogP contribution in [0.1, 0.15) is 11.9 Å². The van der Waals surface area contributed by atoms with Gasteiger partial charge in [-0.3, -0.25) is 4.79 Å². The SMILES string of the molecule is CC(=O)Nc1ccc(-c2csc(C)n2)cc1. The van der Waals surface area contributed by atoms with Crippen molar-refractivity contribution in [1.29, 1.82) is 0 Å². The van der Waals surface area contributed by atoms with Gasteiger partial charge in [0.25, 0.3) is 0 Å². The summed E-state index contributed by atoms with van der Waals surface area (Å²) in [5.74, 6) is -0.0581. The molecule has 0 aliphatic heterocycles. The zero-order valence-electron chi connectivity index (χ0n) is 9.15. The minimum Gasteiger partial charge on any atom is -0.326 e. The minimum atomic E-state index is -0.0581. The molecule has 0 aliphatic rings. The molecule has 1 amide bonds. The number of hydrogen-bond acceptors (Lipinski definition) is 3. The molecule has 0 saturated carbocycles. The smallest absolute Gasteiger partial charge is 0.221 e. The maximum Gasteiger partial charge on any atom is 0.221 e. The number of aromatic nitrogens is 1. The Kier molecular flexibility index (Phi) is 3.01. The van der Waals surface area contributed by atoms with Crippen molar-refractivity contribution in [2.75, 3.05) is 5.32 Å². The largest absolute Gasteiger partial charge is 0.326 e. The van der Waals surface area contributed by atoms with Gasteiger partial charge in [0, 0.05) is 23.6 Å². The number of amides is 1. The maximum absolute atomic E-state index is 10.8. The van der Waals surface area contributed by atoms with E-state index in [-0.39, 0.29) is 5.91 Å². The van der Waals surface area contributed by atoms with E-state index in [1.165, 1.54) is 6.92 Å². The van der Waals surface area contributed by atoms with Crippen LogP contribution >= 0.6 is 11.3 Å². The van der Waals surface area contributed by atoms with Gasteiger partial charge >= 0.3 is 0 Å². The fourth-order valence-electron chi connectivity index (χ4n) is 1.42. The zero-order valence-corrected chi connectivity index (χ0v) is 9.97. The summed E-state index contributed by atoms with van der Waals surface area (Å²) >= 11 is 1.63. The van der Waals surface area contributed by atoms with Gasteiger partial charge in [0.1, 0.15) is 0 Å². The Bertz CT molecular complexity index is 502. The molecule has 2 rings (SSSR count). The highest BCUT2D eigenvalue weighted by Gasteiger charge is 2.02. The monoisotopic (exact) mass is 232 g/mol. The van der Waals surface area contributed by atoms with Gasteiger partial charge in [-0.15, -0.1) is 11.3 Å². The minimum absolute atomic E-state index is 0.0581. The van der Waals surface area contributed by atoms with E-state index in [0.29, 0.717) is 0 Å². The van der Waals surface area contributed by atoms with Crippen molar-refractivity contribution < 1.29 is 4.79 Å². The lowest BCUT2D eigenvalue weighted by molar-refractivity contribution is -0.114. The Balaban J connectivity index is 2.22. The van der Waals surface area contributed by atoms with Crippen molar-refractivity contribution in [1.82, 2.24) is 4.98 Å². The first-order chi connectivity index (χ1) is 7.65. The van der Waals surface area contributed by atoms with E-state index in [9.17, 15) is 4.79 Å².